The summed E-state index contributed by atoms with van der Waals surface area (Å²) in [5.74, 6) is -0.584. The third-order valence-electron chi connectivity index (χ3n) is 4.24. The molecule has 0 unspecified atom stereocenters. The van der Waals surface area contributed by atoms with Gasteiger partial charge in [-0.1, -0.05) is 38.8 Å². The van der Waals surface area contributed by atoms with Crippen molar-refractivity contribution in [3.63, 3.8) is 0 Å². The molecule has 2 rings (SSSR count). The van der Waals surface area contributed by atoms with Gasteiger partial charge in [0.25, 0.3) is 5.88 Å². The lowest BCUT2D eigenvalue weighted by Crippen LogP contribution is -2.37. The van der Waals surface area contributed by atoms with Gasteiger partial charge in [-0.2, -0.15) is 0 Å². The Hall–Kier alpha value is -3.20. The molecule has 0 saturated heterocycles. The Morgan fingerprint density at radius 1 is 1.16 bits per heavy atom. The third-order valence-corrected chi connectivity index (χ3v) is 4.24. The van der Waals surface area contributed by atoms with Crippen LogP contribution in [0.2, 0.25) is 0 Å². The SMILES string of the molecule is CCCC(CCC)Oc1cnc(OC(=O)NC(=O)CN)c(OCc2ccc(F)cc2)c1. The average molecular weight is 433 g/mol. The standard InChI is InChI=1S/C22H28FN3O5/c1-3-5-17(6-4-2)30-18-11-19(29-14-15-7-9-16(23)10-8-15)21(25-13-18)31-22(28)26-20(27)12-24/h7-11,13,17H,3-6,12,14,24H2,1-2H3,(H,26,27,28). The second kappa shape index (κ2) is 12.5. The van der Waals surface area contributed by atoms with Crippen LogP contribution >= 0.6 is 0 Å². The number of amides is 2. The first kappa shape index (κ1) is 24.1. The Kier molecular flexibility index (Phi) is 9.70. The van der Waals surface area contributed by atoms with Gasteiger partial charge in [0.05, 0.1) is 18.8 Å². The first-order valence-corrected chi connectivity index (χ1v) is 10.2. The Morgan fingerprint density at radius 3 is 2.45 bits per heavy atom. The molecule has 0 bridgehead atoms. The van der Waals surface area contributed by atoms with E-state index < -0.39 is 12.0 Å². The number of benzene rings is 1. The number of carbonyl (C=O) groups excluding carboxylic acids is 2. The van der Waals surface area contributed by atoms with Gasteiger partial charge in [-0.3, -0.25) is 10.1 Å². The Bertz CT molecular complexity index is 855. The van der Waals surface area contributed by atoms with Crippen LogP contribution in [-0.2, 0) is 11.4 Å². The van der Waals surface area contributed by atoms with E-state index in [1.165, 1.54) is 18.3 Å². The van der Waals surface area contributed by atoms with Gasteiger partial charge in [0.1, 0.15) is 18.2 Å². The summed E-state index contributed by atoms with van der Waals surface area (Å²) in [6.45, 7) is 3.89. The maximum absolute atomic E-state index is 13.1. The quantitative estimate of drug-likeness (QED) is 0.555. The number of hydrogen-bond donors (Lipinski definition) is 2. The van der Waals surface area contributed by atoms with E-state index in [2.05, 4.69) is 18.8 Å². The smallest absolute Gasteiger partial charge is 0.420 e. The third kappa shape index (κ3) is 8.21. The molecule has 0 saturated carbocycles. The van der Waals surface area contributed by atoms with Crippen molar-refractivity contribution in [2.24, 2.45) is 5.73 Å². The highest BCUT2D eigenvalue weighted by Gasteiger charge is 2.17. The van der Waals surface area contributed by atoms with Gasteiger partial charge in [-0.05, 0) is 30.5 Å². The van der Waals surface area contributed by atoms with Crippen LogP contribution in [0, 0.1) is 5.82 Å². The number of imide groups is 1. The number of hydrogen-bond acceptors (Lipinski definition) is 7. The van der Waals surface area contributed by atoms with Gasteiger partial charge in [0.15, 0.2) is 5.75 Å². The zero-order chi connectivity index (χ0) is 22.6. The van der Waals surface area contributed by atoms with Gasteiger partial charge in [-0.25, -0.2) is 14.2 Å². The summed E-state index contributed by atoms with van der Waals surface area (Å²) in [5.41, 5.74) is 5.88. The zero-order valence-electron chi connectivity index (χ0n) is 17.7. The summed E-state index contributed by atoms with van der Waals surface area (Å²) < 4.78 is 30.0. The van der Waals surface area contributed by atoms with E-state index in [0.29, 0.717) is 11.3 Å². The first-order chi connectivity index (χ1) is 14.9. The van der Waals surface area contributed by atoms with Crippen molar-refractivity contribution in [1.29, 1.82) is 0 Å². The van der Waals surface area contributed by atoms with Gasteiger partial charge in [-0.15, -0.1) is 0 Å². The van der Waals surface area contributed by atoms with Crippen molar-refractivity contribution in [3.8, 4) is 17.4 Å². The number of pyridine rings is 1. The highest BCUT2D eigenvalue weighted by molar-refractivity contribution is 5.93. The Labute approximate surface area is 180 Å². The lowest BCUT2D eigenvalue weighted by Gasteiger charge is -2.19. The topological polar surface area (TPSA) is 113 Å². The number of nitrogens with zero attached hydrogens (tertiary/aromatic N) is 1. The summed E-state index contributed by atoms with van der Waals surface area (Å²) >= 11 is 0. The average Bonchev–Trinajstić information content (AvgIpc) is 2.75. The monoisotopic (exact) mass is 433 g/mol. The molecule has 0 atom stereocenters. The van der Waals surface area contributed by atoms with E-state index in [9.17, 15) is 14.0 Å². The molecule has 8 nitrogen and oxygen atoms in total. The van der Waals surface area contributed by atoms with Crippen molar-refractivity contribution in [2.75, 3.05) is 6.54 Å². The molecular weight excluding hydrogens is 405 g/mol. The number of nitrogens with one attached hydrogen (secondary N) is 1. The van der Waals surface area contributed by atoms with Crippen LogP contribution in [0.15, 0.2) is 36.5 Å². The lowest BCUT2D eigenvalue weighted by atomic mass is 10.1. The summed E-state index contributed by atoms with van der Waals surface area (Å²) in [6.07, 6.45) is 4.15. The summed E-state index contributed by atoms with van der Waals surface area (Å²) in [6, 6.07) is 7.37. The van der Waals surface area contributed by atoms with Crippen LogP contribution in [0.4, 0.5) is 9.18 Å². The fourth-order valence-electron chi connectivity index (χ4n) is 2.78. The van der Waals surface area contributed by atoms with Crippen molar-refractivity contribution in [2.45, 2.75) is 52.2 Å². The molecule has 0 spiro atoms. The lowest BCUT2D eigenvalue weighted by molar-refractivity contribution is -0.118. The minimum absolute atomic E-state index is 0.0268. The minimum Gasteiger partial charge on any atom is -0.489 e. The molecule has 2 aromatic rings. The predicted molar refractivity (Wildman–Crippen MR) is 112 cm³/mol. The fourth-order valence-corrected chi connectivity index (χ4v) is 2.78. The number of aromatic nitrogens is 1. The van der Waals surface area contributed by atoms with Crippen molar-refractivity contribution in [3.05, 3.63) is 47.9 Å². The number of nitrogens with two attached hydrogens (primary N) is 1. The van der Waals surface area contributed by atoms with E-state index in [1.807, 2.05) is 5.32 Å². The normalized spacial score (nSPS) is 10.6. The largest absolute Gasteiger partial charge is 0.489 e. The molecule has 3 N–H and O–H groups in total. The van der Waals surface area contributed by atoms with Crippen molar-refractivity contribution in [1.82, 2.24) is 10.3 Å². The molecular formula is C22H28FN3O5. The molecule has 1 heterocycles. The molecule has 1 aromatic carbocycles. The number of carbonyl (C=O) groups is 2. The van der Waals surface area contributed by atoms with Crippen molar-refractivity contribution >= 4 is 12.0 Å². The van der Waals surface area contributed by atoms with Gasteiger partial charge in [0.2, 0.25) is 5.91 Å². The van der Waals surface area contributed by atoms with Gasteiger partial charge >= 0.3 is 6.09 Å². The van der Waals surface area contributed by atoms with Crippen LogP contribution < -0.4 is 25.3 Å². The second-order valence-electron chi connectivity index (χ2n) is 6.85. The Morgan fingerprint density at radius 2 is 1.84 bits per heavy atom. The molecule has 9 heteroatoms. The van der Waals surface area contributed by atoms with E-state index >= 15 is 0 Å². The van der Waals surface area contributed by atoms with E-state index in [1.54, 1.807) is 18.2 Å². The first-order valence-electron chi connectivity index (χ1n) is 10.2. The fraction of sp³-hybridized carbons (Fsp3) is 0.409. The molecule has 0 aliphatic rings. The molecule has 0 aliphatic carbocycles. The number of ether oxygens (including phenoxy) is 3. The minimum atomic E-state index is -1.03. The number of halogens is 1. The van der Waals surface area contributed by atoms with Crippen LogP contribution in [-0.4, -0.2) is 29.6 Å². The van der Waals surface area contributed by atoms with Crippen LogP contribution in [0.3, 0.4) is 0 Å². The van der Waals surface area contributed by atoms with E-state index in [0.717, 1.165) is 25.7 Å². The van der Waals surface area contributed by atoms with Crippen molar-refractivity contribution < 1.29 is 28.2 Å². The molecule has 168 valence electrons. The van der Waals surface area contributed by atoms with Crippen LogP contribution in [0.25, 0.3) is 0 Å². The zero-order valence-corrected chi connectivity index (χ0v) is 17.7. The molecule has 1 aromatic heterocycles. The van der Waals surface area contributed by atoms with Gasteiger partial charge < -0.3 is 19.9 Å². The van der Waals surface area contributed by atoms with Gasteiger partial charge in [0, 0.05) is 6.07 Å². The van der Waals surface area contributed by atoms with Crippen LogP contribution in [0.5, 0.6) is 17.4 Å². The highest BCUT2D eigenvalue weighted by atomic mass is 19.1. The molecule has 2 amide bonds. The highest BCUT2D eigenvalue weighted by Crippen LogP contribution is 2.31. The Balaban J connectivity index is 2.20. The summed E-state index contributed by atoms with van der Waals surface area (Å²) in [5, 5.41) is 1.97. The molecule has 31 heavy (non-hydrogen) atoms. The molecule has 0 radical (unpaired) electrons. The van der Waals surface area contributed by atoms with E-state index in [4.69, 9.17) is 19.9 Å². The summed E-state index contributed by atoms with van der Waals surface area (Å²) in [4.78, 5) is 27.3. The van der Waals surface area contributed by atoms with Crippen LogP contribution in [0.1, 0.15) is 45.1 Å². The molecule has 0 fully saturated rings. The molecule has 0 aliphatic heterocycles. The maximum Gasteiger partial charge on any atom is 0.420 e. The summed E-state index contributed by atoms with van der Waals surface area (Å²) in [7, 11) is 0. The predicted octanol–water partition coefficient (Wildman–Crippen LogP) is 3.72. The maximum atomic E-state index is 13.1. The van der Waals surface area contributed by atoms with E-state index in [-0.39, 0.29) is 36.7 Å². The second-order valence-corrected chi connectivity index (χ2v) is 6.85. The number of rotatable bonds is 11.